The van der Waals surface area contributed by atoms with E-state index in [-0.39, 0.29) is 13.1 Å². The Balaban J connectivity index is 1.19. The Morgan fingerprint density at radius 3 is 1.17 bits per heavy atom. The SMILES string of the molecule is CN(C(=O)NCc1ccc(Oc2ccccc2)cc1)C1C(C(=O)O)C(C(=O)O)C1N(C)C(=O)NCc1ccc(Oc2ccccc2)cc1. The van der Waals surface area contributed by atoms with Crippen LogP contribution in [0.25, 0.3) is 0 Å². The second kappa shape index (κ2) is 15.0. The smallest absolute Gasteiger partial charge is 0.317 e. The van der Waals surface area contributed by atoms with Gasteiger partial charge in [0.1, 0.15) is 23.0 Å². The summed E-state index contributed by atoms with van der Waals surface area (Å²) in [6.45, 7) is 0.246. The maximum absolute atomic E-state index is 13.2. The zero-order chi connectivity index (χ0) is 34.2. The second-order valence-electron chi connectivity index (χ2n) is 11.4. The summed E-state index contributed by atoms with van der Waals surface area (Å²) in [6, 6.07) is 29.3. The molecule has 0 aromatic heterocycles. The summed E-state index contributed by atoms with van der Waals surface area (Å²) < 4.78 is 11.6. The number of carboxylic acids is 2. The molecule has 5 rings (SSSR count). The molecule has 248 valence electrons. The minimum atomic E-state index is -1.43. The molecular weight excluding hydrogens is 616 g/mol. The number of hydrogen-bond donors (Lipinski definition) is 4. The van der Waals surface area contributed by atoms with Crippen molar-refractivity contribution in [2.24, 2.45) is 11.8 Å². The van der Waals surface area contributed by atoms with Gasteiger partial charge >= 0.3 is 24.0 Å². The molecule has 0 aliphatic heterocycles. The summed E-state index contributed by atoms with van der Waals surface area (Å²) in [7, 11) is 2.78. The van der Waals surface area contributed by atoms with Crippen molar-refractivity contribution in [2.75, 3.05) is 14.1 Å². The highest BCUT2D eigenvalue weighted by Crippen LogP contribution is 2.42. The third kappa shape index (κ3) is 7.84. The summed E-state index contributed by atoms with van der Waals surface area (Å²) in [5.74, 6) is -2.99. The van der Waals surface area contributed by atoms with Crippen molar-refractivity contribution >= 4 is 24.0 Å². The number of nitrogens with zero attached hydrogens (tertiary/aromatic N) is 2. The van der Waals surface area contributed by atoms with Crippen molar-refractivity contribution < 1.29 is 38.9 Å². The van der Waals surface area contributed by atoms with Crippen molar-refractivity contribution in [3.05, 3.63) is 120 Å². The topological polar surface area (TPSA) is 158 Å². The lowest BCUT2D eigenvalue weighted by Crippen LogP contribution is -2.74. The number of para-hydroxylation sites is 2. The Bertz CT molecular complexity index is 1590. The monoisotopic (exact) mass is 652 g/mol. The van der Waals surface area contributed by atoms with Gasteiger partial charge in [0.2, 0.25) is 0 Å². The lowest BCUT2D eigenvalue weighted by atomic mass is 9.63. The van der Waals surface area contributed by atoms with Crippen molar-refractivity contribution in [3.63, 3.8) is 0 Å². The van der Waals surface area contributed by atoms with Crippen LogP contribution in [0.15, 0.2) is 109 Å². The fourth-order valence-corrected chi connectivity index (χ4v) is 5.72. The van der Waals surface area contributed by atoms with E-state index in [1.54, 1.807) is 48.5 Å². The van der Waals surface area contributed by atoms with Crippen molar-refractivity contribution in [3.8, 4) is 23.0 Å². The van der Waals surface area contributed by atoms with E-state index < -0.39 is 47.9 Å². The molecule has 0 radical (unpaired) electrons. The van der Waals surface area contributed by atoms with Gasteiger partial charge in [-0.2, -0.15) is 0 Å². The number of carbonyl (C=O) groups excluding carboxylic acids is 2. The Labute approximate surface area is 277 Å². The maximum atomic E-state index is 13.2. The molecule has 4 N–H and O–H groups in total. The Kier molecular flexibility index (Phi) is 10.4. The summed E-state index contributed by atoms with van der Waals surface area (Å²) >= 11 is 0. The second-order valence-corrected chi connectivity index (χ2v) is 11.4. The van der Waals surface area contributed by atoms with Gasteiger partial charge in [0.05, 0.1) is 23.9 Å². The molecule has 4 aromatic carbocycles. The molecule has 12 heteroatoms. The van der Waals surface area contributed by atoms with E-state index in [2.05, 4.69) is 10.6 Å². The third-order valence-electron chi connectivity index (χ3n) is 8.27. The van der Waals surface area contributed by atoms with Gasteiger partial charge in [0.25, 0.3) is 0 Å². The number of carboxylic acid groups (broad SMARTS) is 2. The summed E-state index contributed by atoms with van der Waals surface area (Å²) in [4.78, 5) is 53.2. The maximum Gasteiger partial charge on any atom is 0.317 e. The minimum absolute atomic E-state index is 0.123. The van der Waals surface area contributed by atoms with E-state index in [1.165, 1.54) is 14.1 Å². The Morgan fingerprint density at radius 1 is 0.542 bits per heavy atom. The first-order chi connectivity index (χ1) is 23.1. The first kappa shape index (κ1) is 33.3. The molecule has 48 heavy (non-hydrogen) atoms. The first-order valence-corrected chi connectivity index (χ1v) is 15.2. The number of likely N-dealkylation sites (N-methyl/N-ethyl adjacent to an activating group) is 2. The van der Waals surface area contributed by atoms with Crippen LogP contribution in [0.4, 0.5) is 9.59 Å². The summed E-state index contributed by atoms with van der Waals surface area (Å²) in [5, 5.41) is 25.4. The molecule has 4 atom stereocenters. The van der Waals surface area contributed by atoms with Crippen LogP contribution in [0, 0.1) is 11.8 Å². The van der Waals surface area contributed by atoms with E-state index in [1.807, 2.05) is 60.7 Å². The molecule has 4 aromatic rings. The zero-order valence-corrected chi connectivity index (χ0v) is 26.4. The van der Waals surface area contributed by atoms with E-state index >= 15 is 0 Å². The van der Waals surface area contributed by atoms with Gasteiger partial charge in [-0.1, -0.05) is 60.7 Å². The van der Waals surface area contributed by atoms with Gasteiger partial charge in [0.15, 0.2) is 0 Å². The minimum Gasteiger partial charge on any atom is -0.481 e. The number of ether oxygens (including phenoxy) is 2. The molecule has 0 saturated heterocycles. The van der Waals surface area contributed by atoms with Crippen LogP contribution in [0.3, 0.4) is 0 Å². The number of nitrogens with one attached hydrogen (secondary N) is 2. The van der Waals surface area contributed by atoms with E-state index in [9.17, 15) is 29.4 Å². The number of hydrogen-bond acceptors (Lipinski definition) is 6. The van der Waals surface area contributed by atoms with Crippen LogP contribution in [0.5, 0.6) is 23.0 Å². The van der Waals surface area contributed by atoms with Crippen molar-refractivity contribution in [1.29, 1.82) is 0 Å². The average Bonchev–Trinajstić information content (AvgIpc) is 3.07. The number of rotatable bonds is 12. The van der Waals surface area contributed by atoms with Gasteiger partial charge < -0.3 is 40.1 Å². The van der Waals surface area contributed by atoms with Crippen LogP contribution >= 0.6 is 0 Å². The van der Waals surface area contributed by atoms with Gasteiger partial charge in [-0.15, -0.1) is 0 Å². The highest BCUT2D eigenvalue weighted by Gasteiger charge is 2.62. The number of benzene rings is 4. The lowest BCUT2D eigenvalue weighted by molar-refractivity contribution is -0.174. The highest BCUT2D eigenvalue weighted by molar-refractivity contribution is 5.87. The molecule has 1 fully saturated rings. The highest BCUT2D eigenvalue weighted by atomic mass is 16.5. The van der Waals surface area contributed by atoms with E-state index in [4.69, 9.17) is 9.47 Å². The van der Waals surface area contributed by atoms with E-state index in [0.29, 0.717) is 23.0 Å². The Morgan fingerprint density at radius 2 is 0.854 bits per heavy atom. The van der Waals surface area contributed by atoms with Crippen LogP contribution in [0.2, 0.25) is 0 Å². The number of aliphatic carboxylic acids is 2. The van der Waals surface area contributed by atoms with Crippen LogP contribution in [-0.4, -0.2) is 70.2 Å². The van der Waals surface area contributed by atoms with E-state index in [0.717, 1.165) is 20.9 Å². The first-order valence-electron chi connectivity index (χ1n) is 15.2. The summed E-state index contributed by atoms with van der Waals surface area (Å²) in [6.07, 6.45) is 0. The van der Waals surface area contributed by atoms with Gasteiger partial charge in [-0.25, -0.2) is 9.59 Å². The molecule has 0 heterocycles. The predicted octanol–water partition coefficient (Wildman–Crippen LogP) is 5.41. The van der Waals surface area contributed by atoms with Crippen molar-refractivity contribution in [2.45, 2.75) is 25.2 Å². The molecule has 0 bridgehead atoms. The van der Waals surface area contributed by atoms with Crippen LogP contribution in [-0.2, 0) is 22.7 Å². The third-order valence-corrected chi connectivity index (χ3v) is 8.27. The summed E-state index contributed by atoms with van der Waals surface area (Å²) in [5.41, 5.74) is 1.52. The predicted molar refractivity (Wildman–Crippen MR) is 176 cm³/mol. The lowest BCUT2D eigenvalue weighted by Gasteiger charge is -2.54. The van der Waals surface area contributed by atoms with Crippen molar-refractivity contribution in [1.82, 2.24) is 20.4 Å². The van der Waals surface area contributed by atoms with Crippen LogP contribution in [0.1, 0.15) is 11.1 Å². The molecule has 12 nitrogen and oxygen atoms in total. The van der Waals surface area contributed by atoms with Gasteiger partial charge in [-0.05, 0) is 59.7 Å². The average molecular weight is 653 g/mol. The molecule has 1 saturated carbocycles. The number of urea groups is 2. The van der Waals surface area contributed by atoms with Gasteiger partial charge in [-0.3, -0.25) is 9.59 Å². The standard InChI is InChI=1S/C36H36N4O8/c1-39(35(45)37-21-23-13-17-27(18-14-23)47-25-9-5-3-6-10-25)31-29(33(41)42)30(34(43)44)32(31)40(2)36(46)38-22-24-15-19-28(20-16-24)48-26-11-7-4-8-12-26/h3-20,29-32H,21-22H2,1-2H3,(H,37,45)(H,38,46)(H,41,42)(H,43,44). The largest absolute Gasteiger partial charge is 0.481 e. The Hall–Kier alpha value is -6.04. The zero-order valence-electron chi connectivity index (χ0n) is 26.4. The van der Waals surface area contributed by atoms with Crippen LogP contribution < -0.4 is 20.1 Å². The molecule has 0 spiro atoms. The van der Waals surface area contributed by atoms with Gasteiger partial charge in [0, 0.05) is 27.2 Å². The molecule has 1 aliphatic carbocycles. The molecule has 4 amide bonds. The molecule has 4 unspecified atom stereocenters. The fraction of sp³-hybridized carbons (Fsp3) is 0.222. The molecule has 1 aliphatic rings. The normalized spacial score (nSPS) is 18.0. The number of carbonyl (C=O) groups is 4. The quantitative estimate of drug-likeness (QED) is 0.158. The number of amides is 4. The fourth-order valence-electron chi connectivity index (χ4n) is 5.72. The molecular formula is C36H36N4O8.